The molecule has 0 aliphatic carbocycles. The van der Waals surface area contributed by atoms with E-state index in [1.54, 1.807) is 6.07 Å². The van der Waals surface area contributed by atoms with Crippen LogP contribution in [0.2, 0.25) is 0 Å². The molecule has 2 N–H and O–H groups in total. The van der Waals surface area contributed by atoms with Gasteiger partial charge in [-0.15, -0.1) is 0 Å². The van der Waals surface area contributed by atoms with Crippen molar-refractivity contribution in [2.45, 2.75) is 11.9 Å². The fraction of sp³-hybridized carbons (Fsp3) is 0.250. The lowest BCUT2D eigenvalue weighted by atomic mass is 10.3. The van der Waals surface area contributed by atoms with Crippen molar-refractivity contribution >= 4 is 22.0 Å². The molecule has 0 aliphatic heterocycles. The summed E-state index contributed by atoms with van der Waals surface area (Å²) in [6.07, 6.45) is -1.04. The van der Waals surface area contributed by atoms with Gasteiger partial charge >= 0.3 is 6.09 Å². The quantitative estimate of drug-likeness (QED) is 0.797. The first-order valence-electron chi connectivity index (χ1n) is 3.70. The molecule has 0 aliphatic rings. The van der Waals surface area contributed by atoms with Crippen molar-refractivity contribution in [1.82, 2.24) is 10.3 Å². The Bertz CT molecular complexity index is 304. The minimum absolute atomic E-state index is 0.246. The van der Waals surface area contributed by atoms with Crippen molar-refractivity contribution in [3.63, 3.8) is 0 Å². The largest absolute Gasteiger partial charge is 0.465 e. The van der Waals surface area contributed by atoms with Crippen LogP contribution in [0.3, 0.4) is 0 Å². The van der Waals surface area contributed by atoms with Gasteiger partial charge in [-0.2, -0.15) is 0 Å². The minimum atomic E-state index is -1.04. The number of hydrogen-bond donors (Lipinski definition) is 2. The van der Waals surface area contributed by atoms with Crippen LogP contribution in [0.5, 0.6) is 0 Å². The first kappa shape index (κ1) is 9.98. The first-order chi connectivity index (χ1) is 6.22. The van der Waals surface area contributed by atoms with Gasteiger partial charge in [0.1, 0.15) is 0 Å². The van der Waals surface area contributed by atoms with Crippen molar-refractivity contribution in [3.8, 4) is 0 Å². The number of hydrogen-bond acceptors (Lipinski definition) is 2. The zero-order chi connectivity index (χ0) is 9.68. The van der Waals surface area contributed by atoms with Crippen molar-refractivity contribution in [3.05, 3.63) is 29.6 Å². The Labute approximate surface area is 84.1 Å². The van der Waals surface area contributed by atoms with Crippen molar-refractivity contribution in [2.24, 2.45) is 0 Å². The van der Waals surface area contributed by atoms with Gasteiger partial charge in [0.05, 0.1) is 17.9 Å². The first-order valence-corrected chi connectivity index (χ1v) is 4.82. The molecule has 0 fully saturated rings. The topological polar surface area (TPSA) is 62.2 Å². The summed E-state index contributed by atoms with van der Waals surface area (Å²) in [5.41, 5.74) is 1.61. The smallest absolute Gasteiger partial charge is 0.404 e. The van der Waals surface area contributed by atoms with Gasteiger partial charge in [-0.25, -0.2) is 4.79 Å². The van der Waals surface area contributed by atoms with Crippen LogP contribution >= 0.6 is 15.9 Å². The highest BCUT2D eigenvalue weighted by atomic mass is 79.9. The summed E-state index contributed by atoms with van der Waals surface area (Å²) in [4.78, 5) is 14.4. The van der Waals surface area contributed by atoms with E-state index in [0.717, 1.165) is 11.4 Å². The Hall–Kier alpha value is -1.10. The van der Waals surface area contributed by atoms with Crippen LogP contribution in [0.25, 0.3) is 0 Å². The van der Waals surface area contributed by atoms with Crippen LogP contribution in [-0.4, -0.2) is 16.2 Å². The number of nitrogens with one attached hydrogen (secondary N) is 1. The molecule has 0 radical (unpaired) electrons. The van der Waals surface area contributed by atoms with E-state index >= 15 is 0 Å². The molecule has 0 bridgehead atoms. The van der Waals surface area contributed by atoms with E-state index in [4.69, 9.17) is 5.11 Å². The highest BCUT2D eigenvalue weighted by molar-refractivity contribution is 9.08. The van der Waals surface area contributed by atoms with E-state index < -0.39 is 6.09 Å². The summed E-state index contributed by atoms with van der Waals surface area (Å²) in [5, 5.41) is 11.3. The maximum Gasteiger partial charge on any atom is 0.404 e. The fourth-order valence-corrected chi connectivity index (χ4v) is 1.18. The predicted molar refractivity (Wildman–Crippen MR) is 51.7 cm³/mol. The van der Waals surface area contributed by atoms with Gasteiger partial charge in [0, 0.05) is 5.33 Å². The average molecular weight is 245 g/mol. The molecule has 4 nitrogen and oxygen atoms in total. The summed E-state index contributed by atoms with van der Waals surface area (Å²) < 4.78 is 0. The molecule has 0 saturated carbocycles. The van der Waals surface area contributed by atoms with Gasteiger partial charge in [0.25, 0.3) is 0 Å². The number of halogens is 1. The monoisotopic (exact) mass is 244 g/mol. The molecule has 1 amide bonds. The van der Waals surface area contributed by atoms with Crippen molar-refractivity contribution < 1.29 is 9.90 Å². The molecule has 0 spiro atoms. The summed E-state index contributed by atoms with van der Waals surface area (Å²) in [5.74, 6) is 0. The van der Waals surface area contributed by atoms with Crippen LogP contribution in [0.15, 0.2) is 18.2 Å². The van der Waals surface area contributed by atoms with Crippen LogP contribution in [0, 0.1) is 0 Å². The van der Waals surface area contributed by atoms with E-state index in [1.807, 2.05) is 12.1 Å². The van der Waals surface area contributed by atoms with Crippen LogP contribution < -0.4 is 5.32 Å². The zero-order valence-corrected chi connectivity index (χ0v) is 8.41. The minimum Gasteiger partial charge on any atom is -0.465 e. The Morgan fingerprint density at radius 3 is 2.85 bits per heavy atom. The van der Waals surface area contributed by atoms with Gasteiger partial charge in [0.2, 0.25) is 0 Å². The van der Waals surface area contributed by atoms with E-state index in [-0.39, 0.29) is 6.54 Å². The summed E-state index contributed by atoms with van der Waals surface area (Å²) in [7, 11) is 0. The van der Waals surface area contributed by atoms with Gasteiger partial charge in [0.15, 0.2) is 0 Å². The molecule has 1 rings (SSSR count). The zero-order valence-electron chi connectivity index (χ0n) is 6.83. The Balaban J connectivity index is 2.61. The summed E-state index contributed by atoms with van der Waals surface area (Å²) >= 11 is 3.27. The third kappa shape index (κ3) is 3.42. The standard InChI is InChI=1S/C8H9BrN2O2/c9-4-6-2-1-3-7(11-6)5-10-8(12)13/h1-3,10H,4-5H2,(H,12,13). The maximum absolute atomic E-state index is 10.2. The van der Waals surface area contributed by atoms with Crippen molar-refractivity contribution in [2.75, 3.05) is 0 Å². The SMILES string of the molecule is O=C(O)NCc1cccc(CBr)n1. The number of carbonyl (C=O) groups is 1. The van der Waals surface area contributed by atoms with E-state index in [1.165, 1.54) is 0 Å². The highest BCUT2D eigenvalue weighted by Gasteiger charge is 1.98. The van der Waals surface area contributed by atoms with Gasteiger partial charge in [-0.05, 0) is 12.1 Å². The van der Waals surface area contributed by atoms with Crippen molar-refractivity contribution in [1.29, 1.82) is 0 Å². The molecule has 0 saturated heterocycles. The molecule has 5 heteroatoms. The number of carboxylic acid groups (broad SMARTS) is 1. The lowest BCUT2D eigenvalue weighted by Gasteiger charge is -2.01. The third-order valence-electron chi connectivity index (χ3n) is 1.42. The molecule has 0 unspecified atom stereocenters. The molecule has 1 aromatic heterocycles. The Kier molecular flexibility index (Phi) is 3.70. The van der Waals surface area contributed by atoms with E-state index in [2.05, 4.69) is 26.2 Å². The maximum atomic E-state index is 10.2. The molecule has 0 atom stereocenters. The second kappa shape index (κ2) is 4.81. The van der Waals surface area contributed by atoms with Gasteiger partial charge in [-0.3, -0.25) is 4.98 Å². The molecule has 1 heterocycles. The van der Waals surface area contributed by atoms with Crippen LogP contribution in [0.1, 0.15) is 11.4 Å². The molecule has 70 valence electrons. The molecular weight excluding hydrogens is 236 g/mol. The number of aromatic nitrogens is 1. The molecule has 13 heavy (non-hydrogen) atoms. The molecular formula is C8H9BrN2O2. The fourth-order valence-electron chi connectivity index (χ4n) is 0.868. The Morgan fingerprint density at radius 1 is 1.54 bits per heavy atom. The number of amides is 1. The molecule has 0 aromatic carbocycles. The highest BCUT2D eigenvalue weighted by Crippen LogP contribution is 2.03. The lowest BCUT2D eigenvalue weighted by molar-refractivity contribution is 0.194. The lowest BCUT2D eigenvalue weighted by Crippen LogP contribution is -2.20. The van der Waals surface area contributed by atoms with E-state index in [0.29, 0.717) is 5.33 Å². The van der Waals surface area contributed by atoms with Gasteiger partial charge < -0.3 is 10.4 Å². The van der Waals surface area contributed by atoms with E-state index in [9.17, 15) is 4.79 Å². The number of nitrogens with zero attached hydrogens (tertiary/aromatic N) is 1. The Morgan fingerprint density at radius 2 is 2.23 bits per heavy atom. The normalized spacial score (nSPS) is 9.62. The average Bonchev–Trinajstić information content (AvgIpc) is 2.15. The summed E-state index contributed by atoms with van der Waals surface area (Å²) in [6, 6.07) is 5.50. The third-order valence-corrected chi connectivity index (χ3v) is 2.00. The van der Waals surface area contributed by atoms with Crippen LogP contribution in [0.4, 0.5) is 4.79 Å². The second-order valence-corrected chi connectivity index (χ2v) is 2.97. The summed E-state index contributed by atoms with van der Waals surface area (Å²) in [6.45, 7) is 0.246. The predicted octanol–water partition coefficient (Wildman–Crippen LogP) is 1.74. The van der Waals surface area contributed by atoms with Crippen LogP contribution in [-0.2, 0) is 11.9 Å². The molecule has 1 aromatic rings. The van der Waals surface area contributed by atoms with Gasteiger partial charge in [-0.1, -0.05) is 22.0 Å². The number of pyridine rings is 1. The number of rotatable bonds is 3. The second-order valence-electron chi connectivity index (χ2n) is 2.41. The number of alkyl halides is 1.